The molecule has 0 aromatic heterocycles. The molecule has 1 aliphatic heterocycles. The summed E-state index contributed by atoms with van der Waals surface area (Å²) in [7, 11) is 0. The van der Waals surface area contributed by atoms with Crippen molar-refractivity contribution in [2.75, 3.05) is 39.5 Å². The number of amides is 3. The topological polar surface area (TPSA) is 102 Å². The quantitative estimate of drug-likeness (QED) is 0.198. The van der Waals surface area contributed by atoms with E-state index in [1.54, 1.807) is 0 Å². The summed E-state index contributed by atoms with van der Waals surface area (Å²) in [6.07, 6.45) is 9.23. The fraction of sp³-hybridized carbons (Fsp3) is 0.846. The third-order valence-electron chi connectivity index (χ3n) is 6.25. The van der Waals surface area contributed by atoms with Crippen LogP contribution in [0.1, 0.15) is 91.4 Å². The summed E-state index contributed by atoms with van der Waals surface area (Å²) in [5, 5.41) is 2.75. The van der Waals surface area contributed by atoms with E-state index in [0.717, 1.165) is 51.4 Å². The van der Waals surface area contributed by atoms with Gasteiger partial charge in [-0.25, -0.2) is 0 Å². The lowest BCUT2D eigenvalue weighted by molar-refractivity contribution is -0.140. The van der Waals surface area contributed by atoms with Crippen LogP contribution in [0, 0.1) is 11.8 Å². The van der Waals surface area contributed by atoms with Crippen molar-refractivity contribution in [3.8, 4) is 0 Å². The van der Waals surface area contributed by atoms with Crippen LogP contribution in [0.2, 0.25) is 0 Å². The number of imide groups is 1. The van der Waals surface area contributed by atoms with Gasteiger partial charge in [-0.1, -0.05) is 52.9 Å². The Morgan fingerprint density at radius 3 is 2.35 bits per heavy atom. The first kappa shape index (κ1) is 30.2. The van der Waals surface area contributed by atoms with Crippen LogP contribution in [-0.4, -0.2) is 67.9 Å². The lowest BCUT2D eigenvalue weighted by atomic mass is 9.83. The third kappa shape index (κ3) is 12.1. The Balaban J connectivity index is 2.27. The number of ether oxygens (including phenoxy) is 2. The molecule has 0 spiro atoms. The van der Waals surface area contributed by atoms with E-state index in [0.29, 0.717) is 32.8 Å². The molecular formula is C26H46N2O6. The molecule has 0 saturated carbocycles. The van der Waals surface area contributed by atoms with E-state index in [-0.39, 0.29) is 61.3 Å². The largest absolute Gasteiger partial charge is 0.377 e. The minimum absolute atomic E-state index is 0.0871. The molecule has 8 heteroatoms. The summed E-state index contributed by atoms with van der Waals surface area (Å²) in [5.41, 5.74) is 0. The van der Waals surface area contributed by atoms with E-state index in [4.69, 9.17) is 9.47 Å². The van der Waals surface area contributed by atoms with Crippen LogP contribution < -0.4 is 5.32 Å². The molecule has 1 N–H and O–H groups in total. The second-order valence-corrected chi connectivity index (χ2v) is 9.15. The maximum Gasteiger partial charge on any atom is 0.233 e. The van der Waals surface area contributed by atoms with Crippen LogP contribution in [0.15, 0.2) is 0 Å². The van der Waals surface area contributed by atoms with Crippen LogP contribution in [0.4, 0.5) is 0 Å². The van der Waals surface area contributed by atoms with Gasteiger partial charge in [0.15, 0.2) is 5.78 Å². The lowest BCUT2D eigenvalue weighted by Gasteiger charge is -2.22. The Kier molecular flexibility index (Phi) is 16.5. The average molecular weight is 483 g/mol. The Hall–Kier alpha value is -1.80. The molecule has 2 unspecified atom stereocenters. The van der Waals surface area contributed by atoms with Gasteiger partial charge in [0.05, 0.1) is 25.7 Å². The van der Waals surface area contributed by atoms with E-state index >= 15 is 0 Å². The van der Waals surface area contributed by atoms with Crippen molar-refractivity contribution in [2.45, 2.75) is 91.4 Å². The molecule has 0 aliphatic carbocycles. The number of carbonyl (C=O) groups excluding carboxylic acids is 4. The van der Waals surface area contributed by atoms with Crippen molar-refractivity contribution in [2.24, 2.45) is 11.8 Å². The van der Waals surface area contributed by atoms with Gasteiger partial charge < -0.3 is 14.8 Å². The Labute approximate surface area is 205 Å². The molecule has 0 bridgehead atoms. The van der Waals surface area contributed by atoms with Crippen LogP contribution in [0.25, 0.3) is 0 Å². The highest BCUT2D eigenvalue weighted by atomic mass is 16.5. The number of carbonyl (C=O) groups is 4. The third-order valence-corrected chi connectivity index (χ3v) is 6.25. The van der Waals surface area contributed by atoms with Gasteiger partial charge in [0.2, 0.25) is 17.7 Å². The summed E-state index contributed by atoms with van der Waals surface area (Å²) in [6, 6.07) is 0. The molecule has 1 heterocycles. The smallest absolute Gasteiger partial charge is 0.233 e. The predicted octanol–water partition coefficient (Wildman–Crippen LogP) is 3.66. The van der Waals surface area contributed by atoms with E-state index < -0.39 is 0 Å². The summed E-state index contributed by atoms with van der Waals surface area (Å²) in [4.78, 5) is 50.2. The van der Waals surface area contributed by atoms with Gasteiger partial charge in [0.1, 0.15) is 6.61 Å². The molecule has 1 fully saturated rings. The maximum absolute atomic E-state index is 13.0. The van der Waals surface area contributed by atoms with E-state index in [1.807, 2.05) is 6.92 Å². The average Bonchev–Trinajstić information content (AvgIpc) is 3.09. The summed E-state index contributed by atoms with van der Waals surface area (Å²) in [5.74, 6) is -0.347. The van der Waals surface area contributed by atoms with Crippen molar-refractivity contribution >= 4 is 23.5 Å². The van der Waals surface area contributed by atoms with Gasteiger partial charge in [-0.3, -0.25) is 24.1 Å². The van der Waals surface area contributed by atoms with E-state index in [2.05, 4.69) is 19.2 Å². The second-order valence-electron chi connectivity index (χ2n) is 9.15. The van der Waals surface area contributed by atoms with Gasteiger partial charge in [-0.15, -0.1) is 0 Å². The van der Waals surface area contributed by atoms with Crippen molar-refractivity contribution in [1.29, 1.82) is 0 Å². The Morgan fingerprint density at radius 2 is 1.65 bits per heavy atom. The zero-order valence-electron chi connectivity index (χ0n) is 21.6. The van der Waals surface area contributed by atoms with Crippen LogP contribution in [-0.2, 0) is 28.7 Å². The molecule has 0 aromatic carbocycles. The zero-order chi connectivity index (χ0) is 25.2. The molecule has 0 aromatic rings. The SMILES string of the molecule is CCCCCC(CCCC)C1CC(=O)N(CCC(=O)NCCOCCOCC(=O)CCC)C1=O. The number of unbranched alkanes of at least 4 members (excludes halogenated alkanes) is 3. The number of hydrogen-bond acceptors (Lipinski definition) is 6. The van der Waals surface area contributed by atoms with Crippen LogP contribution in [0.3, 0.4) is 0 Å². The first-order valence-corrected chi connectivity index (χ1v) is 13.2. The first-order valence-electron chi connectivity index (χ1n) is 13.2. The number of hydrogen-bond donors (Lipinski definition) is 1. The number of nitrogens with zero attached hydrogens (tertiary/aromatic N) is 1. The number of likely N-dealkylation sites (tertiary alicyclic amines) is 1. The lowest BCUT2D eigenvalue weighted by Crippen LogP contribution is -2.36. The van der Waals surface area contributed by atoms with Crippen molar-refractivity contribution in [1.82, 2.24) is 10.2 Å². The summed E-state index contributed by atoms with van der Waals surface area (Å²) < 4.78 is 10.6. The Morgan fingerprint density at radius 1 is 0.941 bits per heavy atom. The van der Waals surface area contributed by atoms with Crippen LogP contribution in [0.5, 0.6) is 0 Å². The highest BCUT2D eigenvalue weighted by Gasteiger charge is 2.42. The molecule has 1 aliphatic rings. The normalized spacial score (nSPS) is 16.8. The summed E-state index contributed by atoms with van der Waals surface area (Å²) in [6.45, 7) is 7.87. The zero-order valence-corrected chi connectivity index (χ0v) is 21.6. The highest BCUT2D eigenvalue weighted by Crippen LogP contribution is 2.33. The molecule has 8 nitrogen and oxygen atoms in total. The molecule has 3 amide bonds. The summed E-state index contributed by atoms with van der Waals surface area (Å²) >= 11 is 0. The predicted molar refractivity (Wildman–Crippen MR) is 131 cm³/mol. The van der Waals surface area contributed by atoms with Gasteiger partial charge in [-0.05, 0) is 25.2 Å². The molecule has 0 radical (unpaired) electrons. The highest BCUT2D eigenvalue weighted by molar-refractivity contribution is 6.03. The second kappa shape index (κ2) is 18.5. The maximum atomic E-state index is 13.0. The fourth-order valence-corrected chi connectivity index (χ4v) is 4.30. The standard InChI is InChI=1S/C26H46N2O6/c1-4-7-9-12-21(11-8-5-2)23-19-25(31)28(26(23)32)15-13-24(30)27-14-16-33-17-18-34-20-22(29)10-6-3/h21,23H,4-20H2,1-3H3,(H,27,30). The minimum atomic E-state index is -0.230. The van der Waals surface area contributed by atoms with E-state index in [1.165, 1.54) is 4.90 Å². The molecule has 34 heavy (non-hydrogen) atoms. The molecule has 1 rings (SSSR count). The number of nitrogens with one attached hydrogen (secondary N) is 1. The van der Waals surface area contributed by atoms with Gasteiger partial charge in [-0.2, -0.15) is 0 Å². The van der Waals surface area contributed by atoms with Crippen molar-refractivity contribution in [3.63, 3.8) is 0 Å². The van der Waals surface area contributed by atoms with Gasteiger partial charge >= 0.3 is 0 Å². The molecule has 196 valence electrons. The number of ketones is 1. The molecule has 1 saturated heterocycles. The Bertz CT molecular complexity index is 624. The van der Waals surface area contributed by atoms with E-state index in [9.17, 15) is 19.2 Å². The minimum Gasteiger partial charge on any atom is -0.377 e. The first-order chi connectivity index (χ1) is 16.4. The fourth-order valence-electron chi connectivity index (χ4n) is 4.30. The van der Waals surface area contributed by atoms with Gasteiger partial charge in [0.25, 0.3) is 0 Å². The monoisotopic (exact) mass is 482 g/mol. The molecule has 2 atom stereocenters. The molecular weight excluding hydrogens is 436 g/mol. The van der Waals surface area contributed by atoms with Crippen molar-refractivity contribution in [3.05, 3.63) is 0 Å². The van der Waals surface area contributed by atoms with Crippen molar-refractivity contribution < 1.29 is 28.7 Å². The number of Topliss-reactive ketones (excluding diaryl/α,β-unsaturated/α-hetero) is 1. The number of rotatable bonds is 21. The van der Waals surface area contributed by atoms with Gasteiger partial charge in [0, 0.05) is 32.4 Å². The van der Waals surface area contributed by atoms with Crippen LogP contribution >= 0.6 is 0 Å².